The van der Waals surface area contributed by atoms with Crippen molar-refractivity contribution in [2.45, 2.75) is 155 Å². The molecule has 0 saturated carbocycles. The lowest BCUT2D eigenvalue weighted by molar-refractivity contribution is -0.890. The van der Waals surface area contributed by atoms with Gasteiger partial charge in [-0.05, 0) is 43.6 Å². The summed E-state index contributed by atoms with van der Waals surface area (Å²) in [5.41, 5.74) is 0. The maximum Gasteiger partial charge on any atom is 0.0782 e. The summed E-state index contributed by atoms with van der Waals surface area (Å²) in [4.78, 5) is 0. The van der Waals surface area contributed by atoms with E-state index in [1.165, 1.54) is 170 Å². The maximum absolute atomic E-state index is 2.45. The topological polar surface area (TPSA) is 0 Å². The smallest absolute Gasteiger partial charge is 0.0782 e. The Kier molecular flexibility index (Phi) is 26.2. The van der Waals surface area contributed by atoms with Crippen molar-refractivity contribution < 1.29 is 4.48 Å². The van der Waals surface area contributed by atoms with Gasteiger partial charge in [0.05, 0.1) is 27.2 Å². The Morgan fingerprint density at radius 1 is 0.375 bits per heavy atom. The van der Waals surface area contributed by atoms with Crippen LogP contribution in [0.4, 0.5) is 0 Å². The maximum atomic E-state index is 2.45. The molecule has 0 aliphatic rings. The third-order valence-corrected chi connectivity index (χ3v) is 8.22. The number of quaternary nitrogens is 1. The van der Waals surface area contributed by atoms with Gasteiger partial charge < -0.3 is 4.48 Å². The van der Waals surface area contributed by atoms with Crippen LogP contribution in [0.5, 0.6) is 0 Å². The van der Waals surface area contributed by atoms with Crippen LogP contribution in [-0.4, -0.2) is 43.2 Å². The minimum atomic E-state index is 1.24. The van der Waals surface area contributed by atoms with Gasteiger partial charge in [0.2, 0.25) is 0 Å². The zero-order valence-electron chi connectivity index (χ0n) is 23.2. The van der Waals surface area contributed by atoms with Gasteiger partial charge in [0.25, 0.3) is 0 Å². The monoisotopic (exact) mass is 470 g/mol. The molecule has 2 heteroatoms. The molecule has 0 amide bonds. The Hall–Kier alpha value is 0.310. The molecule has 0 aromatic carbocycles. The van der Waals surface area contributed by atoms with Crippen molar-refractivity contribution >= 4 is 11.8 Å². The number of rotatable bonds is 27. The second kappa shape index (κ2) is 25.9. The van der Waals surface area contributed by atoms with Gasteiger partial charge in [-0.2, -0.15) is 11.8 Å². The van der Waals surface area contributed by atoms with Crippen molar-refractivity contribution in [1.82, 2.24) is 0 Å². The van der Waals surface area contributed by atoms with Crippen molar-refractivity contribution in [3.63, 3.8) is 0 Å². The van der Waals surface area contributed by atoms with Crippen LogP contribution in [0.25, 0.3) is 0 Å². The molecule has 0 heterocycles. The summed E-state index contributed by atoms with van der Waals surface area (Å²) in [6, 6.07) is 0. The number of nitrogens with zero attached hydrogens (tertiary/aromatic N) is 1. The van der Waals surface area contributed by atoms with Crippen molar-refractivity contribution in [3.8, 4) is 0 Å². The van der Waals surface area contributed by atoms with Crippen molar-refractivity contribution in [3.05, 3.63) is 0 Å². The van der Waals surface area contributed by atoms with E-state index in [2.05, 4.69) is 39.7 Å². The minimum absolute atomic E-state index is 1.24. The molecule has 0 saturated heterocycles. The zero-order valence-corrected chi connectivity index (χ0v) is 24.1. The Morgan fingerprint density at radius 2 is 0.656 bits per heavy atom. The fourth-order valence-corrected chi connectivity index (χ4v) is 5.70. The lowest BCUT2D eigenvalue weighted by Crippen LogP contribution is -2.41. The zero-order chi connectivity index (χ0) is 23.6. The largest absolute Gasteiger partial charge is 0.328 e. The highest BCUT2D eigenvalue weighted by Crippen LogP contribution is 2.15. The fraction of sp³-hybridized carbons (Fsp3) is 1.00. The summed E-state index contributed by atoms with van der Waals surface area (Å²) >= 11 is 2.19. The highest BCUT2D eigenvalue weighted by Gasteiger charge is 2.13. The molecule has 0 fully saturated rings. The second-order valence-corrected chi connectivity index (χ2v) is 12.3. The van der Waals surface area contributed by atoms with Crippen molar-refractivity contribution in [2.75, 3.05) is 38.7 Å². The van der Waals surface area contributed by atoms with Crippen LogP contribution in [0, 0.1) is 0 Å². The lowest BCUT2D eigenvalue weighted by Gasteiger charge is -2.30. The van der Waals surface area contributed by atoms with E-state index in [1.54, 1.807) is 0 Å². The Morgan fingerprint density at radius 3 is 1.06 bits per heavy atom. The number of unbranched alkanes of at least 4 members (excludes halogenated alkanes) is 19. The molecular weight excluding hydrogens is 406 g/mol. The molecule has 0 N–H and O–H groups in total. The van der Waals surface area contributed by atoms with Gasteiger partial charge in [-0.25, -0.2) is 0 Å². The first-order chi connectivity index (χ1) is 15.6. The predicted molar refractivity (Wildman–Crippen MR) is 152 cm³/mol. The second-order valence-electron chi connectivity index (χ2n) is 11.1. The van der Waals surface area contributed by atoms with Crippen molar-refractivity contribution in [1.29, 1.82) is 0 Å². The first kappa shape index (κ1) is 32.3. The Bertz CT molecular complexity index is 342. The van der Waals surface area contributed by atoms with E-state index in [1.807, 2.05) is 0 Å². The molecule has 0 spiro atoms. The average Bonchev–Trinajstić information content (AvgIpc) is 2.77. The van der Waals surface area contributed by atoms with Gasteiger partial charge in [0, 0.05) is 0 Å². The summed E-state index contributed by atoms with van der Waals surface area (Å²) in [7, 11) is 4.90. The molecule has 0 unspecified atom stereocenters. The van der Waals surface area contributed by atoms with Crippen molar-refractivity contribution in [2.24, 2.45) is 0 Å². The van der Waals surface area contributed by atoms with Gasteiger partial charge >= 0.3 is 0 Å². The molecule has 0 atom stereocenters. The van der Waals surface area contributed by atoms with Gasteiger partial charge in [0.15, 0.2) is 0 Å². The molecular formula is C30H64NS+. The summed E-state index contributed by atoms with van der Waals surface area (Å²) < 4.78 is 1.24. The van der Waals surface area contributed by atoms with Crippen LogP contribution in [0.2, 0.25) is 0 Å². The highest BCUT2D eigenvalue weighted by molar-refractivity contribution is 7.99. The average molecular weight is 471 g/mol. The van der Waals surface area contributed by atoms with Gasteiger partial charge in [-0.15, -0.1) is 0 Å². The SMILES string of the molecule is CCCCCCCCCCCCCCCCCC[N+](C)(C)CCCCSCCCCCC. The van der Waals surface area contributed by atoms with Crippen LogP contribution in [-0.2, 0) is 0 Å². The highest BCUT2D eigenvalue weighted by atomic mass is 32.2. The predicted octanol–water partition coefficient (Wildman–Crippen LogP) is 10.4. The van der Waals surface area contributed by atoms with E-state index in [-0.39, 0.29) is 0 Å². The number of hydrogen-bond acceptors (Lipinski definition) is 1. The van der Waals surface area contributed by atoms with Gasteiger partial charge in [0.1, 0.15) is 0 Å². The Balaban J connectivity index is 3.26. The molecule has 0 aliphatic heterocycles. The fourth-order valence-electron chi connectivity index (χ4n) is 4.68. The molecule has 1 nitrogen and oxygen atoms in total. The quantitative estimate of drug-likeness (QED) is 0.0849. The third kappa shape index (κ3) is 26.6. The molecule has 0 rings (SSSR count). The molecule has 0 aromatic rings. The molecule has 194 valence electrons. The van der Waals surface area contributed by atoms with E-state index >= 15 is 0 Å². The van der Waals surface area contributed by atoms with E-state index in [9.17, 15) is 0 Å². The first-order valence-corrected chi connectivity index (χ1v) is 16.2. The van der Waals surface area contributed by atoms with E-state index in [4.69, 9.17) is 0 Å². The molecule has 0 radical (unpaired) electrons. The molecule has 0 aliphatic carbocycles. The number of hydrogen-bond donors (Lipinski definition) is 0. The summed E-state index contributed by atoms with van der Waals surface area (Å²) in [5.74, 6) is 2.77. The van der Waals surface area contributed by atoms with Crippen LogP contribution >= 0.6 is 11.8 Å². The minimum Gasteiger partial charge on any atom is -0.328 e. The van der Waals surface area contributed by atoms with E-state index in [0.717, 1.165) is 0 Å². The third-order valence-electron chi connectivity index (χ3n) is 7.06. The number of thioether (sulfide) groups is 1. The molecule has 32 heavy (non-hydrogen) atoms. The molecule has 0 aromatic heterocycles. The first-order valence-electron chi connectivity index (χ1n) is 15.0. The standard InChI is InChI=1S/C30H64NS/c1-5-7-9-11-12-13-14-15-16-17-18-19-20-21-22-23-27-31(3,4)28-24-26-30-32-29-25-10-8-6-2/h5-30H2,1-4H3/q+1. The van der Waals surface area contributed by atoms with E-state index in [0.29, 0.717) is 0 Å². The summed E-state index contributed by atoms with van der Waals surface area (Å²) in [5, 5.41) is 0. The van der Waals surface area contributed by atoms with Gasteiger partial charge in [-0.3, -0.25) is 0 Å². The summed E-state index contributed by atoms with van der Waals surface area (Å²) in [6.07, 6.45) is 31.9. The summed E-state index contributed by atoms with van der Waals surface area (Å²) in [6.45, 7) is 7.35. The Labute approximate surface area is 209 Å². The normalized spacial score (nSPS) is 12.0. The van der Waals surface area contributed by atoms with Crippen LogP contribution < -0.4 is 0 Å². The van der Waals surface area contributed by atoms with Gasteiger partial charge in [-0.1, -0.05) is 123 Å². The van der Waals surface area contributed by atoms with Crippen LogP contribution in [0.1, 0.15) is 155 Å². The van der Waals surface area contributed by atoms with Crippen LogP contribution in [0.15, 0.2) is 0 Å². The molecule has 0 bridgehead atoms. The van der Waals surface area contributed by atoms with E-state index < -0.39 is 0 Å². The lowest BCUT2D eigenvalue weighted by atomic mass is 10.0. The van der Waals surface area contributed by atoms with Crippen LogP contribution in [0.3, 0.4) is 0 Å².